The molecule has 1 fully saturated rings. The van der Waals surface area contributed by atoms with Gasteiger partial charge in [0.25, 0.3) is 0 Å². The molecule has 0 bridgehead atoms. The third-order valence-corrected chi connectivity index (χ3v) is 6.87. The molecule has 0 spiro atoms. The number of primary amides is 1. The van der Waals surface area contributed by atoms with Crippen molar-refractivity contribution < 1.29 is 17.9 Å². The minimum Gasteiger partial charge on any atom is -0.490 e. The molecule has 2 N–H and O–H groups in total. The molecule has 0 atom stereocenters. The summed E-state index contributed by atoms with van der Waals surface area (Å²) in [6.45, 7) is 3.74. The monoisotopic (exact) mass is 353 g/mol. The molecule has 1 aromatic carbocycles. The number of hydrogen-bond acceptors (Lipinski definition) is 5. The van der Waals surface area contributed by atoms with Gasteiger partial charge >= 0.3 is 0 Å². The van der Waals surface area contributed by atoms with E-state index >= 15 is 0 Å². The molecule has 1 saturated heterocycles. The summed E-state index contributed by atoms with van der Waals surface area (Å²) in [6.07, 6.45) is 0.940. The lowest BCUT2D eigenvalue weighted by molar-refractivity contribution is -0.122. The van der Waals surface area contributed by atoms with Gasteiger partial charge in [-0.15, -0.1) is 0 Å². The van der Waals surface area contributed by atoms with Gasteiger partial charge in [0.05, 0.1) is 17.1 Å². The summed E-state index contributed by atoms with van der Waals surface area (Å²) in [7, 11) is -1.65. The molecule has 2 aliphatic rings. The smallest absolute Gasteiger partial charge is 0.243 e. The lowest BCUT2D eigenvalue weighted by atomic mass is 9.98. The Kier molecular flexibility index (Phi) is 4.44. The largest absolute Gasteiger partial charge is 0.490 e. The van der Waals surface area contributed by atoms with Crippen molar-refractivity contribution in [3.8, 4) is 5.75 Å². The first kappa shape index (κ1) is 17.0. The molecule has 0 saturated carbocycles. The van der Waals surface area contributed by atoms with Crippen molar-refractivity contribution in [3.63, 3.8) is 0 Å². The Labute approximate surface area is 142 Å². The topological polar surface area (TPSA) is 92.9 Å². The van der Waals surface area contributed by atoms with Crippen molar-refractivity contribution in [2.24, 2.45) is 11.7 Å². The Bertz CT molecular complexity index is 755. The van der Waals surface area contributed by atoms with E-state index < -0.39 is 10.0 Å². The van der Waals surface area contributed by atoms with Crippen LogP contribution in [0.3, 0.4) is 0 Å². The molecule has 3 rings (SSSR count). The van der Waals surface area contributed by atoms with Crippen LogP contribution in [-0.4, -0.2) is 51.9 Å². The Morgan fingerprint density at radius 1 is 1.25 bits per heavy atom. The van der Waals surface area contributed by atoms with Crippen LogP contribution in [-0.2, 0) is 14.8 Å². The van der Waals surface area contributed by atoms with Gasteiger partial charge < -0.3 is 15.4 Å². The number of sulfonamides is 1. The van der Waals surface area contributed by atoms with E-state index in [0.29, 0.717) is 43.9 Å². The van der Waals surface area contributed by atoms with Gasteiger partial charge in [-0.1, -0.05) is 0 Å². The minimum atomic E-state index is -3.61. The van der Waals surface area contributed by atoms with Crippen LogP contribution in [0.1, 0.15) is 18.4 Å². The molecule has 0 aromatic heterocycles. The number of nitrogens with two attached hydrogens (primary N) is 1. The van der Waals surface area contributed by atoms with Crippen molar-refractivity contribution in [1.82, 2.24) is 4.31 Å². The van der Waals surface area contributed by atoms with Crippen molar-refractivity contribution in [2.45, 2.75) is 24.7 Å². The Hall–Kier alpha value is -1.80. The molecule has 2 heterocycles. The van der Waals surface area contributed by atoms with Crippen molar-refractivity contribution >= 4 is 21.6 Å². The third kappa shape index (κ3) is 2.95. The molecular weight excluding hydrogens is 330 g/mol. The lowest BCUT2D eigenvalue weighted by Crippen LogP contribution is -2.41. The summed E-state index contributed by atoms with van der Waals surface area (Å²) in [4.78, 5) is 13.6. The number of piperidine rings is 1. The number of aryl methyl sites for hydroxylation is 1. The fourth-order valence-electron chi connectivity index (χ4n) is 3.28. The van der Waals surface area contributed by atoms with Gasteiger partial charge in [0, 0.05) is 32.1 Å². The van der Waals surface area contributed by atoms with E-state index in [1.54, 1.807) is 13.0 Å². The quantitative estimate of drug-likeness (QED) is 0.864. The van der Waals surface area contributed by atoms with Gasteiger partial charge in [0.2, 0.25) is 15.9 Å². The zero-order chi connectivity index (χ0) is 17.5. The first-order valence-corrected chi connectivity index (χ1v) is 9.53. The van der Waals surface area contributed by atoms with Crippen LogP contribution in [0, 0.1) is 12.8 Å². The molecule has 0 aliphatic carbocycles. The van der Waals surface area contributed by atoms with E-state index in [4.69, 9.17) is 10.5 Å². The molecule has 0 radical (unpaired) electrons. The zero-order valence-electron chi connectivity index (χ0n) is 14.0. The maximum atomic E-state index is 13.0. The van der Waals surface area contributed by atoms with Crippen molar-refractivity contribution in [3.05, 3.63) is 17.7 Å². The number of likely N-dealkylation sites (N-methyl/N-ethyl adjacent to an activating group) is 1. The molecule has 1 aromatic rings. The van der Waals surface area contributed by atoms with E-state index in [-0.39, 0.29) is 16.7 Å². The first-order chi connectivity index (χ1) is 11.3. The fourth-order valence-corrected chi connectivity index (χ4v) is 4.97. The van der Waals surface area contributed by atoms with Gasteiger partial charge in [-0.25, -0.2) is 8.42 Å². The second-order valence-corrected chi connectivity index (χ2v) is 8.34. The number of rotatable bonds is 3. The van der Waals surface area contributed by atoms with E-state index in [1.807, 2.05) is 13.1 Å². The number of carbonyl (C=O) groups is 1. The number of benzene rings is 1. The molecule has 2 aliphatic heterocycles. The van der Waals surface area contributed by atoms with Gasteiger partial charge in [0.1, 0.15) is 12.4 Å². The summed E-state index contributed by atoms with van der Waals surface area (Å²) in [5.41, 5.74) is 6.92. The van der Waals surface area contributed by atoms with Crippen LogP contribution < -0.4 is 15.4 Å². The van der Waals surface area contributed by atoms with E-state index in [1.165, 1.54) is 4.31 Å². The molecule has 132 valence electrons. The average Bonchev–Trinajstić information content (AvgIpc) is 2.55. The average molecular weight is 353 g/mol. The third-order valence-electron chi connectivity index (χ3n) is 4.83. The van der Waals surface area contributed by atoms with Gasteiger partial charge in [-0.3, -0.25) is 4.79 Å². The van der Waals surface area contributed by atoms with E-state index in [2.05, 4.69) is 4.90 Å². The van der Waals surface area contributed by atoms with Crippen LogP contribution in [0.5, 0.6) is 5.75 Å². The van der Waals surface area contributed by atoms with Gasteiger partial charge in [0.15, 0.2) is 0 Å². The van der Waals surface area contributed by atoms with E-state index in [9.17, 15) is 13.2 Å². The second-order valence-electron chi connectivity index (χ2n) is 6.44. The highest BCUT2D eigenvalue weighted by Gasteiger charge is 2.33. The fraction of sp³-hybridized carbons (Fsp3) is 0.562. The number of amides is 1. The maximum absolute atomic E-state index is 13.0. The number of fused-ring (bicyclic) bond motifs is 1. The normalized spacial score (nSPS) is 19.7. The Morgan fingerprint density at radius 2 is 1.92 bits per heavy atom. The number of carbonyl (C=O) groups excluding carboxylic acids is 1. The highest BCUT2D eigenvalue weighted by Crippen LogP contribution is 2.36. The summed E-state index contributed by atoms with van der Waals surface area (Å²) < 4.78 is 33.1. The molecule has 8 heteroatoms. The van der Waals surface area contributed by atoms with Gasteiger partial charge in [-0.05, 0) is 31.4 Å². The van der Waals surface area contributed by atoms with Crippen LogP contribution in [0.15, 0.2) is 17.0 Å². The zero-order valence-corrected chi connectivity index (χ0v) is 14.8. The highest BCUT2D eigenvalue weighted by atomic mass is 32.2. The maximum Gasteiger partial charge on any atom is 0.243 e. The highest BCUT2D eigenvalue weighted by molar-refractivity contribution is 7.89. The van der Waals surface area contributed by atoms with Crippen LogP contribution >= 0.6 is 0 Å². The molecular formula is C16H23N3O4S. The van der Waals surface area contributed by atoms with Crippen molar-refractivity contribution in [2.75, 3.05) is 38.2 Å². The van der Waals surface area contributed by atoms with Crippen LogP contribution in [0.25, 0.3) is 0 Å². The Balaban J connectivity index is 1.89. The summed E-state index contributed by atoms with van der Waals surface area (Å²) in [6, 6.07) is 3.48. The standard InChI is InChI=1S/C16H23N3O4S/c1-11-9-13-14(23-8-7-18(13)2)10-15(11)24(21,22)19-5-3-12(4-6-19)16(17)20/h9-10,12H,3-8H2,1-2H3,(H2,17,20). The Morgan fingerprint density at radius 3 is 2.54 bits per heavy atom. The second kappa shape index (κ2) is 6.25. The van der Waals surface area contributed by atoms with Crippen molar-refractivity contribution in [1.29, 1.82) is 0 Å². The lowest BCUT2D eigenvalue weighted by Gasteiger charge is -2.32. The summed E-state index contributed by atoms with van der Waals surface area (Å²) >= 11 is 0. The minimum absolute atomic E-state index is 0.238. The summed E-state index contributed by atoms with van der Waals surface area (Å²) in [5.74, 6) is 0.00598. The van der Waals surface area contributed by atoms with Crippen LogP contribution in [0.4, 0.5) is 5.69 Å². The number of hydrogen-bond donors (Lipinski definition) is 1. The first-order valence-electron chi connectivity index (χ1n) is 8.09. The predicted octanol–water partition coefficient (Wildman–Crippen LogP) is 0.710. The summed E-state index contributed by atoms with van der Waals surface area (Å²) in [5, 5.41) is 0. The number of anilines is 1. The van der Waals surface area contributed by atoms with Crippen LogP contribution in [0.2, 0.25) is 0 Å². The molecule has 1 amide bonds. The predicted molar refractivity (Wildman–Crippen MR) is 90.6 cm³/mol. The molecule has 0 unspecified atom stereocenters. The number of ether oxygens (including phenoxy) is 1. The SMILES string of the molecule is Cc1cc2c(cc1S(=O)(=O)N1CCC(C(N)=O)CC1)OCCN2C. The molecule has 24 heavy (non-hydrogen) atoms. The van der Waals surface area contributed by atoms with Gasteiger partial charge in [-0.2, -0.15) is 4.31 Å². The molecule has 7 nitrogen and oxygen atoms in total. The number of nitrogens with zero attached hydrogens (tertiary/aromatic N) is 2. The van der Waals surface area contributed by atoms with E-state index in [0.717, 1.165) is 12.2 Å².